The van der Waals surface area contributed by atoms with E-state index in [0.717, 1.165) is 30.4 Å². The van der Waals surface area contributed by atoms with Gasteiger partial charge in [-0.15, -0.1) is 0 Å². The Hall–Kier alpha value is -0.670. The summed E-state index contributed by atoms with van der Waals surface area (Å²) in [5.74, 6) is 4.06. The maximum Gasteiger partial charge on any atom is 0.119 e. The van der Waals surface area contributed by atoms with Crippen LogP contribution in [0.15, 0.2) is 24.3 Å². The fraction of sp³-hybridized carbons (Fsp3) is 0.625. The topological polar surface area (TPSA) is 21.3 Å². The summed E-state index contributed by atoms with van der Waals surface area (Å²) in [7, 11) is 2.03. The van der Waals surface area contributed by atoms with Crippen molar-refractivity contribution in [3.05, 3.63) is 29.8 Å². The van der Waals surface area contributed by atoms with E-state index in [9.17, 15) is 0 Å². The van der Waals surface area contributed by atoms with E-state index in [1.807, 2.05) is 18.8 Å². The lowest BCUT2D eigenvalue weighted by Gasteiger charge is -2.17. The zero-order chi connectivity index (χ0) is 14.1. The Morgan fingerprint density at radius 3 is 2.37 bits per heavy atom. The third-order valence-electron chi connectivity index (χ3n) is 2.84. The van der Waals surface area contributed by atoms with Crippen LogP contribution >= 0.6 is 11.8 Å². The Bertz CT molecular complexity index is 337. The molecule has 0 aliphatic rings. The lowest BCUT2D eigenvalue weighted by atomic mass is 10.1. The van der Waals surface area contributed by atoms with Crippen LogP contribution in [0, 0.1) is 5.92 Å². The number of ether oxygens (including phenoxy) is 1. The predicted molar refractivity (Wildman–Crippen MR) is 86.2 cm³/mol. The molecule has 0 bridgehead atoms. The first-order chi connectivity index (χ1) is 9.17. The summed E-state index contributed by atoms with van der Waals surface area (Å²) in [6.07, 6.45) is 1.05. The first kappa shape index (κ1) is 16.4. The number of thioether (sulfide) groups is 1. The summed E-state index contributed by atoms with van der Waals surface area (Å²) in [5.41, 5.74) is 1.34. The van der Waals surface area contributed by atoms with Crippen LogP contribution in [0.2, 0.25) is 0 Å². The third-order valence-corrected chi connectivity index (χ3v) is 4.31. The van der Waals surface area contributed by atoms with Crippen molar-refractivity contribution in [2.45, 2.75) is 33.2 Å². The monoisotopic (exact) mass is 281 g/mol. The average molecular weight is 281 g/mol. The van der Waals surface area contributed by atoms with Gasteiger partial charge in [0, 0.05) is 11.8 Å². The van der Waals surface area contributed by atoms with Crippen molar-refractivity contribution >= 4 is 11.8 Å². The Balaban J connectivity index is 2.50. The molecule has 1 aromatic carbocycles. The van der Waals surface area contributed by atoms with Crippen LogP contribution in [-0.2, 0) is 0 Å². The summed E-state index contributed by atoms with van der Waals surface area (Å²) < 4.78 is 5.61. The molecule has 1 atom stereocenters. The summed E-state index contributed by atoms with van der Waals surface area (Å²) >= 11 is 2.01. The number of hydrogen-bond donors (Lipinski definition) is 1. The average Bonchev–Trinajstić information content (AvgIpc) is 2.42. The lowest BCUT2D eigenvalue weighted by Crippen LogP contribution is -2.19. The van der Waals surface area contributed by atoms with Gasteiger partial charge in [0.15, 0.2) is 0 Å². The molecule has 0 spiro atoms. The maximum atomic E-state index is 5.61. The fourth-order valence-corrected chi connectivity index (χ4v) is 2.99. The second-order valence-corrected chi connectivity index (χ2v) is 6.26. The van der Waals surface area contributed by atoms with Crippen LogP contribution in [0.25, 0.3) is 0 Å². The number of rotatable bonds is 9. The first-order valence-electron chi connectivity index (χ1n) is 7.15. The van der Waals surface area contributed by atoms with E-state index >= 15 is 0 Å². The molecule has 1 unspecified atom stereocenters. The molecule has 0 radical (unpaired) electrons. The molecular formula is C16H27NOS. The van der Waals surface area contributed by atoms with Gasteiger partial charge in [0.2, 0.25) is 0 Å². The molecule has 0 saturated carbocycles. The Labute approximate surface area is 122 Å². The van der Waals surface area contributed by atoms with Crippen LogP contribution in [-0.4, -0.2) is 25.2 Å². The van der Waals surface area contributed by atoms with E-state index < -0.39 is 0 Å². The molecule has 2 nitrogen and oxygen atoms in total. The SMILES string of the molecule is CCCOc1ccc(C(CSCC(C)C)NC)cc1. The number of hydrogen-bond acceptors (Lipinski definition) is 3. The van der Waals surface area contributed by atoms with E-state index in [1.165, 1.54) is 11.3 Å². The molecule has 0 aliphatic carbocycles. The van der Waals surface area contributed by atoms with Gasteiger partial charge in [-0.1, -0.05) is 32.9 Å². The van der Waals surface area contributed by atoms with Crippen molar-refractivity contribution in [2.75, 3.05) is 25.2 Å². The molecule has 1 N–H and O–H groups in total. The molecule has 0 saturated heterocycles. The number of benzene rings is 1. The summed E-state index contributed by atoms with van der Waals surface area (Å²) in [6, 6.07) is 8.90. The highest BCUT2D eigenvalue weighted by Crippen LogP contribution is 2.22. The van der Waals surface area contributed by atoms with E-state index in [4.69, 9.17) is 4.74 Å². The highest BCUT2D eigenvalue weighted by atomic mass is 32.2. The molecular weight excluding hydrogens is 254 g/mol. The van der Waals surface area contributed by atoms with Crippen LogP contribution in [0.4, 0.5) is 0 Å². The zero-order valence-electron chi connectivity index (χ0n) is 12.6. The highest BCUT2D eigenvalue weighted by molar-refractivity contribution is 7.99. The van der Waals surface area contributed by atoms with E-state index in [1.54, 1.807) is 0 Å². The van der Waals surface area contributed by atoms with Crippen molar-refractivity contribution < 1.29 is 4.74 Å². The van der Waals surface area contributed by atoms with Gasteiger partial charge < -0.3 is 10.1 Å². The maximum absolute atomic E-state index is 5.61. The third kappa shape index (κ3) is 6.35. The van der Waals surface area contributed by atoms with Crippen LogP contribution in [0.1, 0.15) is 38.8 Å². The molecule has 0 aromatic heterocycles. The normalized spacial score (nSPS) is 12.7. The van der Waals surface area contributed by atoms with Gasteiger partial charge in [-0.3, -0.25) is 0 Å². The van der Waals surface area contributed by atoms with Gasteiger partial charge in [0.05, 0.1) is 6.61 Å². The van der Waals surface area contributed by atoms with Gasteiger partial charge in [-0.25, -0.2) is 0 Å². The van der Waals surface area contributed by atoms with Crippen molar-refractivity contribution in [2.24, 2.45) is 5.92 Å². The summed E-state index contributed by atoms with van der Waals surface area (Å²) in [5, 5.41) is 3.39. The van der Waals surface area contributed by atoms with Crippen molar-refractivity contribution in [3.8, 4) is 5.75 Å². The second-order valence-electron chi connectivity index (χ2n) is 5.19. The van der Waals surface area contributed by atoms with Gasteiger partial charge in [-0.2, -0.15) is 11.8 Å². The number of nitrogens with one attached hydrogen (secondary N) is 1. The van der Waals surface area contributed by atoms with Crippen LogP contribution < -0.4 is 10.1 Å². The highest BCUT2D eigenvalue weighted by Gasteiger charge is 2.09. The first-order valence-corrected chi connectivity index (χ1v) is 8.30. The quantitative estimate of drug-likeness (QED) is 0.735. The van der Waals surface area contributed by atoms with Gasteiger partial charge in [-0.05, 0) is 42.8 Å². The smallest absolute Gasteiger partial charge is 0.119 e. The van der Waals surface area contributed by atoms with Crippen LogP contribution in [0.3, 0.4) is 0 Å². The molecule has 0 fully saturated rings. The molecule has 1 aromatic rings. The fourth-order valence-electron chi connectivity index (χ4n) is 1.78. The molecule has 1 rings (SSSR count). The standard InChI is InChI=1S/C16H27NOS/c1-5-10-18-15-8-6-14(7-9-15)16(17-4)12-19-11-13(2)3/h6-9,13,16-17H,5,10-12H2,1-4H3. The van der Waals surface area contributed by atoms with Gasteiger partial charge >= 0.3 is 0 Å². The second kappa shape index (κ2) is 9.27. The van der Waals surface area contributed by atoms with E-state index in [-0.39, 0.29) is 0 Å². The zero-order valence-corrected chi connectivity index (χ0v) is 13.4. The van der Waals surface area contributed by atoms with Gasteiger partial charge in [0.25, 0.3) is 0 Å². The minimum absolute atomic E-state index is 0.420. The Morgan fingerprint density at radius 1 is 1.16 bits per heavy atom. The van der Waals surface area contributed by atoms with Crippen molar-refractivity contribution in [1.29, 1.82) is 0 Å². The summed E-state index contributed by atoms with van der Waals surface area (Å²) in [4.78, 5) is 0. The minimum Gasteiger partial charge on any atom is -0.494 e. The largest absolute Gasteiger partial charge is 0.494 e. The minimum atomic E-state index is 0.420. The van der Waals surface area contributed by atoms with E-state index in [0.29, 0.717) is 6.04 Å². The molecule has 0 heterocycles. The molecule has 0 amide bonds. The van der Waals surface area contributed by atoms with Crippen LogP contribution in [0.5, 0.6) is 5.75 Å². The predicted octanol–water partition coefficient (Wildman–Crippen LogP) is 4.13. The van der Waals surface area contributed by atoms with E-state index in [2.05, 4.69) is 50.4 Å². The molecule has 0 aliphatic heterocycles. The van der Waals surface area contributed by atoms with Crippen molar-refractivity contribution in [1.82, 2.24) is 5.32 Å². The molecule has 108 valence electrons. The van der Waals surface area contributed by atoms with Crippen molar-refractivity contribution in [3.63, 3.8) is 0 Å². The summed E-state index contributed by atoms with van der Waals surface area (Å²) in [6.45, 7) is 7.44. The van der Waals surface area contributed by atoms with Gasteiger partial charge in [0.1, 0.15) is 5.75 Å². The molecule has 3 heteroatoms. The Kier molecular flexibility index (Phi) is 7.99. The molecule has 19 heavy (non-hydrogen) atoms. The Morgan fingerprint density at radius 2 is 1.84 bits per heavy atom. The lowest BCUT2D eigenvalue weighted by molar-refractivity contribution is 0.317.